The lowest BCUT2D eigenvalue weighted by atomic mass is 10.4. The molecule has 0 aliphatic carbocycles. The third-order valence-corrected chi connectivity index (χ3v) is 4.30. The van der Waals surface area contributed by atoms with Crippen molar-refractivity contribution in [1.82, 2.24) is 30.0 Å². The summed E-state index contributed by atoms with van der Waals surface area (Å²) in [7, 11) is 5.63. The Labute approximate surface area is 128 Å². The molecule has 2 rings (SSSR count). The van der Waals surface area contributed by atoms with Crippen molar-refractivity contribution in [3.63, 3.8) is 0 Å². The van der Waals surface area contributed by atoms with Crippen molar-refractivity contribution in [3.05, 3.63) is 27.7 Å². The van der Waals surface area contributed by atoms with Crippen molar-refractivity contribution < 1.29 is 0 Å². The Hall–Kier alpha value is -1.96. The molecule has 2 aromatic heterocycles. The van der Waals surface area contributed by atoms with Gasteiger partial charge in [0.05, 0.1) is 18.8 Å². The fraction of sp³-hybridized carbons (Fsp3) is 0.538. The van der Waals surface area contributed by atoms with Crippen LogP contribution in [-0.4, -0.2) is 44.7 Å². The maximum absolute atomic E-state index is 4.52. The minimum atomic E-state index is 0.645. The van der Waals surface area contributed by atoms with Gasteiger partial charge in [0.1, 0.15) is 17.2 Å². The Morgan fingerprint density at radius 2 is 2.24 bits per heavy atom. The van der Waals surface area contributed by atoms with E-state index in [1.807, 2.05) is 25.9 Å². The van der Waals surface area contributed by atoms with E-state index in [9.17, 15) is 0 Å². The predicted octanol–water partition coefficient (Wildman–Crippen LogP) is 1.10. The fourth-order valence-electron chi connectivity index (χ4n) is 1.90. The first kappa shape index (κ1) is 15.4. The van der Waals surface area contributed by atoms with E-state index < -0.39 is 0 Å². The molecule has 1 N–H and O–H groups in total. The molecule has 0 aromatic carbocycles. The van der Waals surface area contributed by atoms with Gasteiger partial charge in [-0.3, -0.25) is 9.67 Å². The number of hydrogen-bond acceptors (Lipinski definition) is 5. The summed E-state index contributed by atoms with van der Waals surface area (Å²) in [5, 5.41) is 8.46. The Bertz CT molecular complexity index is 609. The topological polar surface area (TPSA) is 71.2 Å². The average molecular weight is 307 g/mol. The van der Waals surface area contributed by atoms with Crippen molar-refractivity contribution >= 4 is 17.3 Å². The summed E-state index contributed by atoms with van der Waals surface area (Å²) in [5.74, 6) is 1.70. The van der Waals surface area contributed by atoms with Gasteiger partial charge in [-0.25, -0.2) is 9.97 Å². The molecule has 114 valence electrons. The zero-order valence-corrected chi connectivity index (χ0v) is 13.9. The van der Waals surface area contributed by atoms with E-state index in [0.717, 1.165) is 22.5 Å². The van der Waals surface area contributed by atoms with E-state index in [-0.39, 0.29) is 0 Å². The zero-order chi connectivity index (χ0) is 15.4. The van der Waals surface area contributed by atoms with Crippen molar-refractivity contribution in [1.29, 1.82) is 0 Å². The van der Waals surface area contributed by atoms with Gasteiger partial charge in [-0.05, 0) is 13.8 Å². The van der Waals surface area contributed by atoms with Crippen LogP contribution >= 0.6 is 11.3 Å². The largest absolute Gasteiger partial charge is 0.350 e. The second-order valence-electron chi connectivity index (χ2n) is 4.81. The van der Waals surface area contributed by atoms with Gasteiger partial charge in [0.15, 0.2) is 5.96 Å². The Morgan fingerprint density at radius 1 is 1.48 bits per heavy atom. The quantitative estimate of drug-likeness (QED) is 0.676. The van der Waals surface area contributed by atoms with E-state index in [0.29, 0.717) is 13.1 Å². The van der Waals surface area contributed by atoms with Crippen LogP contribution in [0.1, 0.15) is 21.4 Å². The van der Waals surface area contributed by atoms with Crippen molar-refractivity contribution in [2.24, 2.45) is 12.0 Å². The molecule has 0 amide bonds. The monoisotopic (exact) mass is 307 g/mol. The second kappa shape index (κ2) is 6.66. The van der Waals surface area contributed by atoms with Crippen molar-refractivity contribution in [2.75, 3.05) is 14.1 Å². The highest BCUT2D eigenvalue weighted by molar-refractivity contribution is 7.11. The molecule has 0 atom stereocenters. The van der Waals surface area contributed by atoms with Gasteiger partial charge in [0.2, 0.25) is 0 Å². The highest BCUT2D eigenvalue weighted by atomic mass is 32.1. The van der Waals surface area contributed by atoms with Gasteiger partial charge in [-0.2, -0.15) is 5.10 Å². The first-order valence-corrected chi connectivity index (χ1v) is 7.50. The van der Waals surface area contributed by atoms with E-state index in [2.05, 4.69) is 32.3 Å². The average Bonchev–Trinajstić information content (AvgIpc) is 2.98. The first-order chi connectivity index (χ1) is 10.0. The number of nitrogens with one attached hydrogen (secondary N) is 1. The van der Waals surface area contributed by atoms with Crippen LogP contribution in [0.5, 0.6) is 0 Å². The Kier molecular flexibility index (Phi) is 4.89. The van der Waals surface area contributed by atoms with Gasteiger partial charge < -0.3 is 10.2 Å². The maximum Gasteiger partial charge on any atom is 0.194 e. The highest BCUT2D eigenvalue weighted by Gasteiger charge is 2.11. The molecule has 0 fully saturated rings. The number of hydrogen-bond donors (Lipinski definition) is 1. The summed E-state index contributed by atoms with van der Waals surface area (Å²) < 4.78 is 1.76. The number of rotatable bonds is 4. The fourth-order valence-corrected chi connectivity index (χ4v) is 2.78. The molecule has 0 aliphatic heterocycles. The van der Waals surface area contributed by atoms with Gasteiger partial charge >= 0.3 is 0 Å². The smallest absolute Gasteiger partial charge is 0.194 e. The maximum atomic E-state index is 4.52. The molecule has 7 nitrogen and oxygen atoms in total. The summed E-state index contributed by atoms with van der Waals surface area (Å²) in [5.41, 5.74) is 1.10. The van der Waals surface area contributed by atoms with E-state index in [1.165, 1.54) is 4.88 Å². The lowest BCUT2D eigenvalue weighted by Gasteiger charge is -2.21. The van der Waals surface area contributed by atoms with Crippen LogP contribution < -0.4 is 5.32 Å². The number of aryl methyl sites for hydroxylation is 3. The van der Waals surface area contributed by atoms with Gasteiger partial charge in [-0.15, -0.1) is 11.3 Å². The summed E-state index contributed by atoms with van der Waals surface area (Å²) in [4.78, 5) is 16.3. The molecule has 0 spiro atoms. The molecule has 0 radical (unpaired) electrons. The van der Waals surface area contributed by atoms with E-state index in [4.69, 9.17) is 0 Å². The standard InChI is InChI=1S/C13H21N7S/c1-9-10(2)21-12(18-9)6-15-13(14-3)19(4)7-11-16-8-17-20(11)5/h8H,6-7H2,1-5H3,(H,14,15). The van der Waals surface area contributed by atoms with Crippen LogP contribution in [0.4, 0.5) is 0 Å². The summed E-state index contributed by atoms with van der Waals surface area (Å²) in [6.07, 6.45) is 1.56. The van der Waals surface area contributed by atoms with Crippen molar-refractivity contribution in [3.8, 4) is 0 Å². The van der Waals surface area contributed by atoms with Crippen LogP contribution in [0.15, 0.2) is 11.3 Å². The molecular weight excluding hydrogens is 286 g/mol. The van der Waals surface area contributed by atoms with Crippen LogP contribution in [0, 0.1) is 13.8 Å². The van der Waals surface area contributed by atoms with E-state index in [1.54, 1.807) is 29.4 Å². The molecule has 0 bridgehead atoms. The normalized spacial score (nSPS) is 11.8. The van der Waals surface area contributed by atoms with Crippen LogP contribution in [0.2, 0.25) is 0 Å². The zero-order valence-electron chi connectivity index (χ0n) is 13.1. The number of nitrogens with zero attached hydrogens (tertiary/aromatic N) is 6. The molecule has 0 aliphatic rings. The number of guanidine groups is 1. The number of aliphatic imine (C=N–C) groups is 1. The predicted molar refractivity (Wildman–Crippen MR) is 84.3 cm³/mol. The molecule has 21 heavy (non-hydrogen) atoms. The minimum Gasteiger partial charge on any atom is -0.350 e. The summed E-state index contributed by atoms with van der Waals surface area (Å²) in [6.45, 7) is 5.44. The van der Waals surface area contributed by atoms with Crippen LogP contribution in [0.3, 0.4) is 0 Å². The number of aromatic nitrogens is 4. The second-order valence-corrected chi connectivity index (χ2v) is 6.09. The molecule has 0 saturated carbocycles. The Balaban J connectivity index is 1.95. The SMILES string of the molecule is CN=C(NCc1nc(C)c(C)s1)N(C)Cc1ncnn1C. The van der Waals surface area contributed by atoms with Crippen LogP contribution in [-0.2, 0) is 20.1 Å². The van der Waals surface area contributed by atoms with E-state index >= 15 is 0 Å². The molecule has 2 heterocycles. The molecule has 0 saturated heterocycles. The third kappa shape index (κ3) is 3.78. The third-order valence-electron chi connectivity index (χ3n) is 3.23. The molecular formula is C13H21N7S. The highest BCUT2D eigenvalue weighted by Crippen LogP contribution is 2.16. The molecule has 0 unspecified atom stereocenters. The molecule has 2 aromatic rings. The minimum absolute atomic E-state index is 0.645. The number of thiazole rings is 1. The van der Waals surface area contributed by atoms with Crippen molar-refractivity contribution in [2.45, 2.75) is 26.9 Å². The first-order valence-electron chi connectivity index (χ1n) is 6.68. The lowest BCUT2D eigenvalue weighted by molar-refractivity contribution is 0.448. The Morgan fingerprint density at radius 3 is 2.76 bits per heavy atom. The van der Waals surface area contributed by atoms with Crippen LogP contribution in [0.25, 0.3) is 0 Å². The molecule has 8 heteroatoms. The summed E-state index contributed by atoms with van der Waals surface area (Å²) in [6, 6.07) is 0. The van der Waals surface area contributed by atoms with Gasteiger partial charge in [0.25, 0.3) is 0 Å². The van der Waals surface area contributed by atoms with Gasteiger partial charge in [-0.1, -0.05) is 0 Å². The summed E-state index contributed by atoms with van der Waals surface area (Å²) >= 11 is 1.71. The van der Waals surface area contributed by atoms with Gasteiger partial charge in [0, 0.05) is 26.0 Å². The lowest BCUT2D eigenvalue weighted by Crippen LogP contribution is -2.38.